The van der Waals surface area contributed by atoms with Crippen LogP contribution in [0, 0.1) is 12.8 Å². The van der Waals surface area contributed by atoms with Gasteiger partial charge in [-0.3, -0.25) is 9.59 Å². The normalized spacial score (nSPS) is 19.1. The third-order valence-electron chi connectivity index (χ3n) is 6.15. The third kappa shape index (κ3) is 4.18. The highest BCUT2D eigenvalue weighted by Gasteiger charge is 2.29. The number of hydrogen-bond donors (Lipinski definition) is 1. The van der Waals surface area contributed by atoms with Crippen molar-refractivity contribution in [2.45, 2.75) is 64.2 Å². The average molecular weight is 384 g/mol. The van der Waals surface area contributed by atoms with Gasteiger partial charge in [0.15, 0.2) is 5.76 Å². The number of aromatic amines is 1. The van der Waals surface area contributed by atoms with E-state index in [-0.39, 0.29) is 11.5 Å². The van der Waals surface area contributed by atoms with E-state index in [1.54, 1.807) is 0 Å². The highest BCUT2D eigenvalue weighted by atomic mass is 16.5. The third-order valence-corrected chi connectivity index (χ3v) is 6.15. The number of aromatic nitrogens is 3. The van der Waals surface area contributed by atoms with E-state index >= 15 is 0 Å². The molecular weight excluding hydrogens is 356 g/mol. The first-order valence-electron chi connectivity index (χ1n) is 10.4. The maximum Gasteiger partial charge on any atom is 0.264 e. The maximum atomic E-state index is 12.7. The van der Waals surface area contributed by atoms with Gasteiger partial charge in [0.1, 0.15) is 0 Å². The summed E-state index contributed by atoms with van der Waals surface area (Å²) in [4.78, 5) is 26.5. The summed E-state index contributed by atoms with van der Waals surface area (Å²) in [6, 6.07) is 3.35. The van der Waals surface area contributed by atoms with Gasteiger partial charge in [-0.1, -0.05) is 24.4 Å². The van der Waals surface area contributed by atoms with Crippen molar-refractivity contribution < 1.29 is 9.32 Å². The van der Waals surface area contributed by atoms with Crippen molar-refractivity contribution in [2.24, 2.45) is 5.92 Å². The first-order chi connectivity index (χ1) is 13.6. The van der Waals surface area contributed by atoms with Gasteiger partial charge in [0, 0.05) is 43.1 Å². The minimum absolute atomic E-state index is 0.191. The van der Waals surface area contributed by atoms with Gasteiger partial charge in [-0.15, -0.1) is 0 Å². The second-order valence-corrected chi connectivity index (χ2v) is 8.23. The summed E-state index contributed by atoms with van der Waals surface area (Å²) in [5, 5.41) is 10.8. The molecule has 1 N–H and O–H groups in total. The number of carbonyl (C=O) groups is 1. The van der Waals surface area contributed by atoms with Crippen LogP contribution < -0.4 is 5.56 Å². The number of H-pyrrole nitrogens is 1. The van der Waals surface area contributed by atoms with Crippen LogP contribution in [0.2, 0.25) is 0 Å². The van der Waals surface area contributed by atoms with Gasteiger partial charge in [-0.2, -0.15) is 5.10 Å². The number of hydrogen-bond acceptors (Lipinski definition) is 5. The van der Waals surface area contributed by atoms with Crippen molar-refractivity contribution in [1.82, 2.24) is 20.3 Å². The quantitative estimate of drug-likeness (QED) is 0.872. The smallest absolute Gasteiger partial charge is 0.264 e. The van der Waals surface area contributed by atoms with E-state index in [0.717, 1.165) is 37.3 Å². The fourth-order valence-corrected chi connectivity index (χ4v) is 4.58. The molecule has 28 heavy (non-hydrogen) atoms. The first-order valence-corrected chi connectivity index (χ1v) is 10.4. The van der Waals surface area contributed by atoms with E-state index in [9.17, 15) is 9.59 Å². The fraction of sp³-hybridized carbons (Fsp3) is 0.619. The highest BCUT2D eigenvalue weighted by Crippen LogP contribution is 2.34. The molecule has 2 aromatic heterocycles. The Balaban J connectivity index is 1.42. The fourth-order valence-electron chi connectivity index (χ4n) is 4.58. The van der Waals surface area contributed by atoms with Crippen LogP contribution in [0.4, 0.5) is 0 Å². The van der Waals surface area contributed by atoms with Crippen LogP contribution >= 0.6 is 0 Å². The molecule has 2 fully saturated rings. The number of nitrogens with one attached hydrogen (secondary N) is 1. The lowest BCUT2D eigenvalue weighted by molar-refractivity contribution is -0.133. The maximum absolute atomic E-state index is 12.7. The van der Waals surface area contributed by atoms with Gasteiger partial charge in [-0.25, -0.2) is 5.10 Å². The van der Waals surface area contributed by atoms with Gasteiger partial charge < -0.3 is 9.42 Å². The molecule has 3 heterocycles. The topological polar surface area (TPSA) is 92.1 Å². The van der Waals surface area contributed by atoms with Crippen LogP contribution in [-0.2, 0) is 4.79 Å². The largest absolute Gasteiger partial charge is 0.356 e. The predicted molar refractivity (Wildman–Crippen MR) is 105 cm³/mol. The summed E-state index contributed by atoms with van der Waals surface area (Å²) in [6.07, 6.45) is 8.63. The lowest BCUT2D eigenvalue weighted by Crippen LogP contribution is -2.39. The molecule has 0 atom stereocenters. The summed E-state index contributed by atoms with van der Waals surface area (Å²) < 4.78 is 5.37. The Kier molecular flexibility index (Phi) is 5.59. The molecule has 1 saturated heterocycles. The Morgan fingerprint density at radius 3 is 2.61 bits per heavy atom. The highest BCUT2D eigenvalue weighted by molar-refractivity contribution is 5.76. The van der Waals surface area contributed by atoms with Crippen molar-refractivity contribution >= 4 is 5.91 Å². The lowest BCUT2D eigenvalue weighted by atomic mass is 9.86. The van der Waals surface area contributed by atoms with Crippen LogP contribution in [-0.4, -0.2) is 39.3 Å². The van der Waals surface area contributed by atoms with Crippen LogP contribution in [0.25, 0.3) is 11.3 Å². The van der Waals surface area contributed by atoms with E-state index in [4.69, 9.17) is 4.52 Å². The molecule has 2 aromatic rings. The van der Waals surface area contributed by atoms with Crippen LogP contribution in [0.5, 0.6) is 0 Å². The van der Waals surface area contributed by atoms with Gasteiger partial charge >= 0.3 is 0 Å². The number of rotatable bonds is 4. The van der Waals surface area contributed by atoms with Crippen molar-refractivity contribution in [2.75, 3.05) is 13.1 Å². The van der Waals surface area contributed by atoms with Gasteiger partial charge in [0.25, 0.3) is 5.56 Å². The lowest BCUT2D eigenvalue weighted by Gasteiger charge is -2.33. The van der Waals surface area contributed by atoms with Crippen LogP contribution in [0.15, 0.2) is 21.5 Å². The Bertz CT molecular complexity index is 874. The molecule has 150 valence electrons. The van der Waals surface area contributed by atoms with E-state index in [1.165, 1.54) is 38.2 Å². The second kappa shape index (κ2) is 8.29. The van der Waals surface area contributed by atoms with Crippen LogP contribution in [0.3, 0.4) is 0 Å². The van der Waals surface area contributed by atoms with E-state index < -0.39 is 0 Å². The summed E-state index contributed by atoms with van der Waals surface area (Å²) in [7, 11) is 0. The Morgan fingerprint density at radius 2 is 1.93 bits per heavy atom. The van der Waals surface area contributed by atoms with Gasteiger partial charge in [-0.05, 0) is 38.5 Å². The zero-order valence-electron chi connectivity index (χ0n) is 16.4. The molecule has 0 unspecified atom stereocenters. The molecule has 0 spiro atoms. The first kappa shape index (κ1) is 18.9. The van der Waals surface area contributed by atoms with Crippen molar-refractivity contribution in [3.63, 3.8) is 0 Å². The van der Waals surface area contributed by atoms with E-state index in [0.29, 0.717) is 29.6 Å². The molecule has 0 aromatic carbocycles. The molecule has 1 amide bonds. The Morgan fingerprint density at radius 1 is 1.18 bits per heavy atom. The van der Waals surface area contributed by atoms with Gasteiger partial charge in [0.2, 0.25) is 5.91 Å². The molecule has 4 rings (SSSR count). The molecule has 7 heteroatoms. The number of carbonyl (C=O) groups excluding carboxylic acids is 1. The summed E-state index contributed by atoms with van der Waals surface area (Å²) in [5.74, 6) is 1.63. The molecule has 0 bridgehead atoms. The molecular formula is C21H28N4O3. The minimum atomic E-state index is -0.257. The SMILES string of the molecule is Cc1cc(-c2cc(=O)[nH]nc2C2CCN(C(=O)CC3CCCCC3)CC2)on1. The zero-order valence-corrected chi connectivity index (χ0v) is 16.4. The van der Waals surface area contributed by atoms with Crippen molar-refractivity contribution in [1.29, 1.82) is 0 Å². The molecule has 7 nitrogen and oxygen atoms in total. The Labute approximate surface area is 164 Å². The summed E-state index contributed by atoms with van der Waals surface area (Å²) in [6.45, 7) is 3.33. The van der Waals surface area contributed by atoms with Crippen LogP contribution in [0.1, 0.15) is 68.7 Å². The van der Waals surface area contributed by atoms with E-state index in [1.807, 2.05) is 17.9 Å². The number of amides is 1. The molecule has 1 saturated carbocycles. The standard InChI is InChI=1S/C21H28N4O3/c1-14-11-18(28-24-14)17-13-19(26)22-23-21(17)16-7-9-25(10-8-16)20(27)12-15-5-3-2-4-6-15/h11,13,15-16H,2-10,12H2,1H3,(H,22,26). The number of nitrogens with zero attached hydrogens (tertiary/aromatic N) is 3. The van der Waals surface area contributed by atoms with Gasteiger partial charge in [0.05, 0.1) is 11.4 Å². The zero-order chi connectivity index (χ0) is 19.5. The predicted octanol–water partition coefficient (Wildman–Crippen LogP) is 3.41. The number of likely N-dealkylation sites (tertiary alicyclic amines) is 1. The van der Waals surface area contributed by atoms with Crippen molar-refractivity contribution in [3.05, 3.63) is 33.9 Å². The number of aryl methyl sites for hydroxylation is 1. The van der Waals surface area contributed by atoms with E-state index in [2.05, 4.69) is 15.4 Å². The summed E-state index contributed by atoms with van der Waals surface area (Å²) >= 11 is 0. The summed E-state index contributed by atoms with van der Waals surface area (Å²) in [5.41, 5.74) is 2.05. The average Bonchev–Trinajstić information content (AvgIpc) is 3.15. The van der Waals surface area contributed by atoms with Crippen molar-refractivity contribution in [3.8, 4) is 11.3 Å². The Hall–Kier alpha value is -2.44. The molecule has 1 aliphatic carbocycles. The molecule has 2 aliphatic rings. The monoisotopic (exact) mass is 384 g/mol. The molecule has 0 radical (unpaired) electrons. The second-order valence-electron chi connectivity index (χ2n) is 8.23. The minimum Gasteiger partial charge on any atom is -0.356 e. The molecule has 1 aliphatic heterocycles. The number of piperidine rings is 1.